The molecule has 1 heterocycles. The van der Waals surface area contributed by atoms with Gasteiger partial charge in [0.05, 0.1) is 6.04 Å². The molecule has 2 atom stereocenters. The van der Waals surface area contributed by atoms with Crippen molar-refractivity contribution in [2.75, 3.05) is 13.3 Å². The Morgan fingerprint density at radius 2 is 1.89 bits per heavy atom. The monoisotopic (exact) mass is 380 g/mol. The first-order valence-corrected chi connectivity index (χ1v) is 8.77. The fraction of sp³-hybridized carbons (Fsp3) is 0.500. The molecule has 1 aromatic rings. The number of carboxylic acid groups (broad SMARTS) is 2. The van der Waals surface area contributed by atoms with Crippen molar-refractivity contribution in [1.29, 1.82) is 0 Å². The second-order valence-electron chi connectivity index (χ2n) is 6.26. The van der Waals surface area contributed by atoms with Gasteiger partial charge in [0.1, 0.15) is 12.6 Å². The van der Waals surface area contributed by atoms with Crippen LogP contribution in [0.2, 0.25) is 0 Å². The third kappa shape index (κ3) is 6.14. The van der Waals surface area contributed by atoms with Crippen molar-refractivity contribution in [3.05, 3.63) is 23.8 Å². The molecule has 27 heavy (non-hydrogen) atoms. The van der Waals surface area contributed by atoms with Gasteiger partial charge in [-0.2, -0.15) is 0 Å². The summed E-state index contributed by atoms with van der Waals surface area (Å²) in [6, 6.07) is 3.40. The van der Waals surface area contributed by atoms with E-state index in [-0.39, 0.29) is 13.2 Å². The fourth-order valence-electron chi connectivity index (χ4n) is 2.75. The molecule has 0 saturated carbocycles. The molecule has 0 aliphatic carbocycles. The number of nitrogens with one attached hydrogen (secondary N) is 2. The average molecular weight is 380 g/mol. The Balaban J connectivity index is 2.13. The lowest BCUT2D eigenvalue weighted by molar-refractivity contribution is -0.141. The zero-order chi connectivity index (χ0) is 19.8. The van der Waals surface area contributed by atoms with Crippen LogP contribution in [0.1, 0.15) is 31.7 Å². The summed E-state index contributed by atoms with van der Waals surface area (Å²) >= 11 is 0. The zero-order valence-electron chi connectivity index (χ0n) is 15.1. The molecule has 1 aromatic carbocycles. The molecule has 2 rings (SSSR count). The minimum absolute atomic E-state index is 0.123. The first-order valence-electron chi connectivity index (χ1n) is 8.77. The van der Waals surface area contributed by atoms with Gasteiger partial charge in [-0.1, -0.05) is 25.8 Å². The second kappa shape index (κ2) is 9.77. The van der Waals surface area contributed by atoms with Crippen LogP contribution in [0.5, 0.6) is 11.5 Å². The van der Waals surface area contributed by atoms with E-state index >= 15 is 0 Å². The number of benzene rings is 1. The first-order chi connectivity index (χ1) is 12.9. The summed E-state index contributed by atoms with van der Waals surface area (Å²) < 4.78 is 10.6. The second-order valence-corrected chi connectivity index (χ2v) is 6.26. The van der Waals surface area contributed by atoms with Crippen LogP contribution in [0.25, 0.3) is 0 Å². The highest BCUT2D eigenvalue weighted by atomic mass is 16.7. The molecule has 9 nitrogen and oxygen atoms in total. The van der Waals surface area contributed by atoms with Gasteiger partial charge in [0.2, 0.25) is 12.7 Å². The quantitative estimate of drug-likeness (QED) is 0.442. The summed E-state index contributed by atoms with van der Waals surface area (Å²) in [7, 11) is 0. The Morgan fingerprint density at radius 1 is 1.15 bits per heavy atom. The molecule has 0 fully saturated rings. The van der Waals surface area contributed by atoms with Crippen molar-refractivity contribution < 1.29 is 34.1 Å². The number of hydrogen-bond donors (Lipinski definition) is 4. The number of amides is 1. The number of unbranched alkanes of at least 4 members (excludes halogenated alkanes) is 1. The number of carbonyl (C=O) groups excluding carboxylic acids is 1. The van der Waals surface area contributed by atoms with E-state index in [0.717, 1.165) is 12.0 Å². The molecule has 1 unspecified atom stereocenters. The summed E-state index contributed by atoms with van der Waals surface area (Å²) in [5.41, 5.74) is 0.738. The predicted octanol–water partition coefficient (Wildman–Crippen LogP) is 0.760. The van der Waals surface area contributed by atoms with Crippen LogP contribution >= 0.6 is 0 Å². The Morgan fingerprint density at radius 3 is 2.56 bits per heavy atom. The summed E-state index contributed by atoms with van der Waals surface area (Å²) in [5, 5.41) is 23.3. The summed E-state index contributed by atoms with van der Waals surface area (Å²) in [6.45, 7) is 1.53. The normalized spacial score (nSPS) is 14.4. The lowest BCUT2D eigenvalue weighted by atomic mass is 10.0. The van der Waals surface area contributed by atoms with Gasteiger partial charge in [-0.15, -0.1) is 0 Å². The van der Waals surface area contributed by atoms with Crippen LogP contribution < -0.4 is 20.1 Å². The highest BCUT2D eigenvalue weighted by molar-refractivity contribution is 5.86. The minimum atomic E-state index is -1.18. The van der Waals surface area contributed by atoms with Crippen LogP contribution in [-0.4, -0.2) is 53.5 Å². The lowest BCUT2D eigenvalue weighted by Crippen LogP contribution is -2.52. The van der Waals surface area contributed by atoms with E-state index < -0.39 is 36.5 Å². The van der Waals surface area contributed by atoms with Gasteiger partial charge in [0.25, 0.3) is 0 Å². The van der Waals surface area contributed by atoms with E-state index in [2.05, 4.69) is 10.6 Å². The highest BCUT2D eigenvalue weighted by Crippen LogP contribution is 2.32. The Labute approximate surface area is 156 Å². The molecule has 0 saturated heterocycles. The van der Waals surface area contributed by atoms with Gasteiger partial charge in [-0.25, -0.2) is 0 Å². The van der Waals surface area contributed by atoms with Crippen LogP contribution in [0.15, 0.2) is 18.2 Å². The summed E-state index contributed by atoms with van der Waals surface area (Å²) in [4.78, 5) is 34.7. The van der Waals surface area contributed by atoms with E-state index in [1.54, 1.807) is 18.2 Å². The van der Waals surface area contributed by atoms with E-state index in [9.17, 15) is 19.5 Å². The van der Waals surface area contributed by atoms with Gasteiger partial charge in [0.15, 0.2) is 11.5 Å². The summed E-state index contributed by atoms with van der Waals surface area (Å²) in [5.74, 6) is -1.64. The molecule has 0 bridgehead atoms. The largest absolute Gasteiger partial charge is 0.480 e. The van der Waals surface area contributed by atoms with Crippen molar-refractivity contribution in [3.8, 4) is 11.5 Å². The maximum Gasteiger partial charge on any atom is 0.322 e. The molecule has 1 aliphatic rings. The Bertz CT molecular complexity index is 692. The number of rotatable bonds is 11. The molecule has 9 heteroatoms. The van der Waals surface area contributed by atoms with E-state index in [1.807, 2.05) is 6.92 Å². The minimum Gasteiger partial charge on any atom is -0.480 e. The van der Waals surface area contributed by atoms with Crippen molar-refractivity contribution in [1.82, 2.24) is 10.6 Å². The van der Waals surface area contributed by atoms with Gasteiger partial charge in [-0.3, -0.25) is 19.7 Å². The molecule has 0 spiro atoms. The maximum absolute atomic E-state index is 12.4. The number of fused-ring (bicyclic) bond motifs is 1. The zero-order valence-corrected chi connectivity index (χ0v) is 15.1. The van der Waals surface area contributed by atoms with Crippen molar-refractivity contribution >= 4 is 17.8 Å². The van der Waals surface area contributed by atoms with E-state index in [0.29, 0.717) is 24.3 Å². The molecule has 0 aromatic heterocycles. The molecule has 1 amide bonds. The van der Waals surface area contributed by atoms with Crippen molar-refractivity contribution in [2.45, 2.75) is 44.7 Å². The van der Waals surface area contributed by atoms with E-state index in [4.69, 9.17) is 14.6 Å². The maximum atomic E-state index is 12.4. The Kier molecular flexibility index (Phi) is 7.42. The fourth-order valence-corrected chi connectivity index (χ4v) is 2.75. The number of carbonyl (C=O) groups is 3. The van der Waals surface area contributed by atoms with Gasteiger partial charge in [0, 0.05) is 0 Å². The smallest absolute Gasteiger partial charge is 0.322 e. The molecular formula is C18H24N2O7. The topological polar surface area (TPSA) is 134 Å². The molecule has 4 N–H and O–H groups in total. The van der Waals surface area contributed by atoms with Crippen LogP contribution in [0, 0.1) is 0 Å². The standard InChI is InChI=1S/C18H24N2O7/c1-2-3-4-12(18(24)25)20-13(17(23)19-9-16(21)22)7-11-5-6-14-15(8-11)27-10-26-14/h5-6,8,12-13,20H,2-4,7,9-10H2,1H3,(H,19,23)(H,21,22)(H,24,25)/t12?,13-/m0/s1. The molecule has 0 radical (unpaired) electrons. The van der Waals surface area contributed by atoms with Gasteiger partial charge < -0.3 is 25.0 Å². The number of hydrogen-bond acceptors (Lipinski definition) is 6. The van der Waals surface area contributed by atoms with Gasteiger partial charge >= 0.3 is 11.9 Å². The highest BCUT2D eigenvalue weighted by Gasteiger charge is 2.27. The van der Waals surface area contributed by atoms with Crippen molar-refractivity contribution in [2.24, 2.45) is 0 Å². The number of ether oxygens (including phenoxy) is 2. The average Bonchev–Trinajstić information content (AvgIpc) is 3.09. The third-order valence-corrected chi connectivity index (χ3v) is 4.15. The van der Waals surface area contributed by atoms with Crippen LogP contribution in [0.4, 0.5) is 0 Å². The molecule has 1 aliphatic heterocycles. The van der Waals surface area contributed by atoms with Gasteiger partial charge in [-0.05, 0) is 30.5 Å². The molecule has 148 valence electrons. The summed E-state index contributed by atoms with van der Waals surface area (Å²) in [6.07, 6.45) is 2.06. The third-order valence-electron chi connectivity index (χ3n) is 4.15. The van der Waals surface area contributed by atoms with Crippen molar-refractivity contribution in [3.63, 3.8) is 0 Å². The SMILES string of the molecule is CCCCC(N[C@@H](Cc1ccc2c(c1)OCO2)C(=O)NCC(=O)O)C(=O)O. The lowest BCUT2D eigenvalue weighted by Gasteiger charge is -2.23. The van der Waals surface area contributed by atoms with Crippen LogP contribution in [-0.2, 0) is 20.8 Å². The predicted molar refractivity (Wildman–Crippen MR) is 94.8 cm³/mol. The Hall–Kier alpha value is -2.81. The first kappa shape index (κ1) is 20.5. The number of carboxylic acids is 2. The molecular weight excluding hydrogens is 356 g/mol. The van der Waals surface area contributed by atoms with E-state index in [1.165, 1.54) is 0 Å². The number of aliphatic carboxylic acids is 2. The van der Waals surface area contributed by atoms with Crippen LogP contribution in [0.3, 0.4) is 0 Å².